The smallest absolute Gasteiger partial charge is 0.471 e. The Labute approximate surface area is 286 Å². The minimum atomic E-state index is -3.26. The number of carbonyl (C=O) groups is 1. The number of fused-ring (bicyclic) bond motifs is 4. The molecular weight excluding hydrogens is 645 g/mol. The SMILES string of the molecule is C=C1[C@H](O[Si](C)(C)C)[C@H]2O[C@]1(C1OCCCO1)O[C@H]2c1c(C)cc2c(OC)c3c(c4c2c1O[Si](C(C)(C)C)(C(C)(C)C)O4)C(=O)CCC3. The number of rotatable bonds is 5. The summed E-state index contributed by atoms with van der Waals surface area (Å²) in [6.45, 7) is 27.3. The summed E-state index contributed by atoms with van der Waals surface area (Å²) in [4.78, 5) is 13.9. The van der Waals surface area contributed by atoms with Gasteiger partial charge in [-0.2, -0.15) is 0 Å². The van der Waals surface area contributed by atoms with Gasteiger partial charge in [0, 0.05) is 38.6 Å². The number of benzene rings is 2. The maximum Gasteiger partial charge on any atom is 0.471 e. The van der Waals surface area contributed by atoms with E-state index in [-0.39, 0.29) is 15.9 Å². The van der Waals surface area contributed by atoms with Gasteiger partial charge in [-0.25, -0.2) is 0 Å². The average molecular weight is 697 g/mol. The molecule has 0 aromatic heterocycles. The summed E-state index contributed by atoms with van der Waals surface area (Å²) in [6, 6.07) is 2.13. The van der Waals surface area contributed by atoms with Crippen molar-refractivity contribution in [1.82, 2.24) is 0 Å². The number of Topliss-reactive ketones (excluding diaryl/α,β-unsaturated/α-hetero) is 1. The standard InChI is InChI=1S/C37H52O9Si2/c1-20-19-23-27-30(25(20)32-33-28(44-47(10,11)12)21(2)37(42-32,43-33)34-40-17-14-18-41-34)45-48(35(3,4)5,36(6,7)8)46-31(27)26-22(29(23)39-9)15-13-16-24(26)38/h19,28,32-34H,2,13-18H2,1,3-12H3/t28-,32-,33+,37+/m0/s1. The fraction of sp³-hybridized carbons (Fsp3) is 0.649. The molecule has 4 atom stereocenters. The van der Waals surface area contributed by atoms with Crippen molar-refractivity contribution in [3.05, 3.63) is 40.5 Å². The molecule has 1 aliphatic carbocycles. The Hall–Kier alpha value is -2.26. The Morgan fingerprint density at radius 3 is 2.21 bits per heavy atom. The number of aryl methyl sites for hydroxylation is 1. The number of methoxy groups -OCH3 is 1. The summed E-state index contributed by atoms with van der Waals surface area (Å²) in [7, 11) is -3.65. The maximum atomic E-state index is 13.9. The van der Waals surface area contributed by atoms with E-state index in [0.717, 1.165) is 46.7 Å². The largest absolute Gasteiger partial charge is 0.510 e. The molecule has 0 N–H and O–H groups in total. The van der Waals surface area contributed by atoms with Crippen LogP contribution in [-0.2, 0) is 29.8 Å². The van der Waals surface area contributed by atoms with Gasteiger partial charge in [-0.15, -0.1) is 0 Å². The molecule has 7 rings (SSSR count). The topological polar surface area (TPSA) is 90.9 Å². The van der Waals surface area contributed by atoms with E-state index < -0.39 is 47.3 Å². The van der Waals surface area contributed by atoms with Crippen LogP contribution in [0.5, 0.6) is 17.2 Å². The second kappa shape index (κ2) is 11.1. The van der Waals surface area contributed by atoms with Gasteiger partial charge >= 0.3 is 8.56 Å². The van der Waals surface area contributed by atoms with E-state index in [2.05, 4.69) is 80.8 Å². The zero-order valence-corrected chi connectivity index (χ0v) is 32.5. The Kier molecular flexibility index (Phi) is 7.92. The molecule has 4 aliphatic heterocycles. The van der Waals surface area contributed by atoms with Gasteiger partial charge in [0.1, 0.15) is 35.6 Å². The molecule has 2 bridgehead atoms. The van der Waals surface area contributed by atoms with Crippen LogP contribution < -0.4 is 13.6 Å². The van der Waals surface area contributed by atoms with E-state index in [4.69, 9.17) is 37.0 Å². The van der Waals surface area contributed by atoms with Crippen LogP contribution in [0.2, 0.25) is 29.7 Å². The lowest BCUT2D eigenvalue weighted by Crippen LogP contribution is -2.63. The molecule has 3 saturated heterocycles. The third-order valence-corrected chi connectivity index (χ3v) is 16.4. The molecule has 5 aliphatic rings. The molecule has 11 heteroatoms. The zero-order valence-electron chi connectivity index (χ0n) is 30.5. The molecular formula is C37H52O9Si2. The maximum absolute atomic E-state index is 13.9. The number of ether oxygens (including phenoxy) is 5. The summed E-state index contributed by atoms with van der Waals surface area (Å²) < 4.78 is 54.0. The average Bonchev–Trinajstić information content (AvgIpc) is 3.50. The Bertz CT molecular complexity index is 1680. The van der Waals surface area contributed by atoms with Crippen LogP contribution in [0.3, 0.4) is 0 Å². The van der Waals surface area contributed by atoms with Gasteiger partial charge in [-0.1, -0.05) is 48.1 Å². The normalized spacial score (nSPS) is 28.8. The van der Waals surface area contributed by atoms with Crippen LogP contribution in [0.25, 0.3) is 10.8 Å². The van der Waals surface area contributed by atoms with Crippen molar-refractivity contribution in [3.8, 4) is 17.2 Å². The summed E-state index contributed by atoms with van der Waals surface area (Å²) in [5, 5.41) is 0.871. The molecule has 0 spiro atoms. The first kappa shape index (κ1) is 34.2. The number of hydrogen-bond acceptors (Lipinski definition) is 9. The predicted octanol–water partition coefficient (Wildman–Crippen LogP) is 8.20. The highest BCUT2D eigenvalue weighted by Gasteiger charge is 2.69. The summed E-state index contributed by atoms with van der Waals surface area (Å²) >= 11 is 0. The van der Waals surface area contributed by atoms with Crippen LogP contribution in [0.15, 0.2) is 18.2 Å². The van der Waals surface area contributed by atoms with Gasteiger partial charge in [0.25, 0.3) is 0 Å². The lowest BCUT2D eigenvalue weighted by Gasteiger charge is -2.51. The molecule has 262 valence electrons. The fourth-order valence-corrected chi connectivity index (χ4v) is 14.2. The molecule has 0 unspecified atom stereocenters. The van der Waals surface area contributed by atoms with Crippen molar-refractivity contribution in [2.75, 3.05) is 20.3 Å². The van der Waals surface area contributed by atoms with E-state index >= 15 is 0 Å². The Morgan fingerprint density at radius 1 is 0.958 bits per heavy atom. The van der Waals surface area contributed by atoms with Gasteiger partial charge in [0.05, 0.1) is 31.3 Å². The molecule has 2 aromatic rings. The summed E-state index contributed by atoms with van der Waals surface area (Å²) in [5.74, 6) is 0.758. The molecule has 4 heterocycles. The van der Waals surface area contributed by atoms with Gasteiger partial charge in [0.2, 0.25) is 12.1 Å². The van der Waals surface area contributed by atoms with Crippen LogP contribution in [0, 0.1) is 6.92 Å². The Balaban J connectivity index is 1.52. The van der Waals surface area contributed by atoms with Crippen molar-refractivity contribution in [3.63, 3.8) is 0 Å². The lowest BCUT2D eigenvalue weighted by atomic mass is 9.83. The van der Waals surface area contributed by atoms with E-state index in [1.165, 1.54) is 0 Å². The second-order valence-electron chi connectivity index (χ2n) is 17.1. The first-order valence-corrected chi connectivity index (χ1v) is 22.6. The van der Waals surface area contributed by atoms with Crippen molar-refractivity contribution >= 4 is 33.4 Å². The molecule has 3 fully saturated rings. The molecule has 0 saturated carbocycles. The molecule has 9 nitrogen and oxygen atoms in total. The highest BCUT2D eigenvalue weighted by Crippen LogP contribution is 2.63. The van der Waals surface area contributed by atoms with E-state index in [1.807, 2.05) is 0 Å². The van der Waals surface area contributed by atoms with E-state index in [1.54, 1.807) is 7.11 Å². The van der Waals surface area contributed by atoms with Crippen LogP contribution in [0.4, 0.5) is 0 Å². The monoisotopic (exact) mass is 696 g/mol. The first-order chi connectivity index (χ1) is 22.3. The van der Waals surface area contributed by atoms with Crippen molar-refractivity contribution in [1.29, 1.82) is 0 Å². The molecule has 0 amide bonds. The fourth-order valence-electron chi connectivity index (χ4n) is 8.70. The van der Waals surface area contributed by atoms with Gasteiger partial charge < -0.3 is 37.0 Å². The minimum Gasteiger partial charge on any atom is -0.510 e. The third kappa shape index (κ3) is 4.82. The van der Waals surface area contributed by atoms with Gasteiger partial charge in [0.15, 0.2) is 14.1 Å². The zero-order chi connectivity index (χ0) is 34.8. The van der Waals surface area contributed by atoms with E-state index in [9.17, 15) is 4.79 Å². The first-order valence-electron chi connectivity index (χ1n) is 17.4. The molecule has 48 heavy (non-hydrogen) atoms. The minimum absolute atomic E-state index is 0.0806. The predicted molar refractivity (Wildman–Crippen MR) is 188 cm³/mol. The third-order valence-electron chi connectivity index (χ3n) is 10.5. The highest BCUT2D eigenvalue weighted by molar-refractivity contribution is 6.75. The van der Waals surface area contributed by atoms with Crippen molar-refractivity contribution in [2.45, 2.75) is 134 Å². The van der Waals surface area contributed by atoms with Crippen molar-refractivity contribution < 1.29 is 41.8 Å². The number of hydrogen-bond donors (Lipinski definition) is 0. The lowest BCUT2D eigenvalue weighted by molar-refractivity contribution is -0.313. The van der Waals surface area contributed by atoms with Crippen LogP contribution in [-0.4, -0.2) is 67.3 Å². The molecule has 2 aromatic carbocycles. The highest BCUT2D eigenvalue weighted by atomic mass is 28.4. The number of carbonyl (C=O) groups excluding carboxylic acids is 1. The van der Waals surface area contributed by atoms with Crippen LogP contribution >= 0.6 is 0 Å². The van der Waals surface area contributed by atoms with E-state index in [0.29, 0.717) is 48.0 Å². The molecule has 0 radical (unpaired) electrons. The van der Waals surface area contributed by atoms with Gasteiger partial charge in [-0.05, 0) is 57.5 Å². The summed E-state index contributed by atoms with van der Waals surface area (Å²) in [6.07, 6.45) is 0.454. The quantitative estimate of drug-likeness (QED) is 0.227. The Morgan fingerprint density at radius 2 is 1.60 bits per heavy atom. The van der Waals surface area contributed by atoms with Gasteiger partial charge in [-0.3, -0.25) is 4.79 Å². The number of ketones is 1. The second-order valence-corrected chi connectivity index (χ2v) is 26.2. The van der Waals surface area contributed by atoms with Crippen molar-refractivity contribution in [2.24, 2.45) is 0 Å². The van der Waals surface area contributed by atoms with Crippen LogP contribution in [0.1, 0.15) is 94.0 Å². The summed E-state index contributed by atoms with van der Waals surface area (Å²) in [5.41, 5.74) is 4.07.